The largest absolute Gasteiger partial charge is 0.397 e. The van der Waals surface area contributed by atoms with Crippen molar-refractivity contribution in [1.82, 2.24) is 4.98 Å². The molecule has 0 radical (unpaired) electrons. The van der Waals surface area contributed by atoms with Gasteiger partial charge in [-0.05, 0) is 18.1 Å². The van der Waals surface area contributed by atoms with Crippen molar-refractivity contribution in [3.8, 4) is 0 Å². The molecule has 1 heterocycles. The van der Waals surface area contributed by atoms with Crippen LogP contribution in [0.1, 0.15) is 11.3 Å². The smallest absolute Gasteiger partial charge is 0.0890 e. The van der Waals surface area contributed by atoms with Crippen LogP contribution in [0.2, 0.25) is 0 Å². The monoisotopic (exact) mass is 132 g/mol. The molecule has 0 atom stereocenters. The van der Waals surface area contributed by atoms with Crippen LogP contribution in [-0.4, -0.2) is 4.98 Å². The van der Waals surface area contributed by atoms with Gasteiger partial charge < -0.3 is 5.73 Å². The highest BCUT2D eigenvalue weighted by Gasteiger charge is 2.10. The number of hydrogen-bond acceptors (Lipinski definition) is 2. The van der Waals surface area contributed by atoms with Crippen molar-refractivity contribution in [2.45, 2.75) is 6.42 Å². The molecule has 0 spiro atoms. The van der Waals surface area contributed by atoms with Crippen molar-refractivity contribution >= 4 is 5.70 Å². The molecular weight excluding hydrogens is 124 g/mol. The SMILES string of the molecule is NC1=CCc2cccnc21. The fourth-order valence-corrected chi connectivity index (χ4v) is 1.18. The lowest BCUT2D eigenvalue weighted by Gasteiger charge is -1.96. The van der Waals surface area contributed by atoms with E-state index >= 15 is 0 Å². The zero-order valence-electron chi connectivity index (χ0n) is 5.54. The van der Waals surface area contributed by atoms with Gasteiger partial charge in [-0.3, -0.25) is 4.98 Å². The summed E-state index contributed by atoms with van der Waals surface area (Å²) >= 11 is 0. The summed E-state index contributed by atoms with van der Waals surface area (Å²) in [4.78, 5) is 4.15. The lowest BCUT2D eigenvalue weighted by Crippen LogP contribution is -1.95. The van der Waals surface area contributed by atoms with Gasteiger partial charge in [0, 0.05) is 6.20 Å². The summed E-state index contributed by atoms with van der Waals surface area (Å²) in [7, 11) is 0. The zero-order valence-corrected chi connectivity index (χ0v) is 5.54. The van der Waals surface area contributed by atoms with Gasteiger partial charge in [0.05, 0.1) is 11.4 Å². The summed E-state index contributed by atoms with van der Waals surface area (Å²) in [5.74, 6) is 0. The molecule has 1 aromatic heterocycles. The number of fused-ring (bicyclic) bond motifs is 1. The van der Waals surface area contributed by atoms with E-state index < -0.39 is 0 Å². The predicted octanol–water partition coefficient (Wildman–Crippen LogP) is 0.937. The second-order valence-electron chi connectivity index (χ2n) is 2.37. The van der Waals surface area contributed by atoms with E-state index in [9.17, 15) is 0 Å². The quantitative estimate of drug-likeness (QED) is 0.570. The second kappa shape index (κ2) is 1.84. The van der Waals surface area contributed by atoms with Crippen molar-refractivity contribution in [2.24, 2.45) is 5.73 Å². The van der Waals surface area contributed by atoms with Crippen molar-refractivity contribution < 1.29 is 0 Å². The van der Waals surface area contributed by atoms with E-state index in [0.29, 0.717) is 0 Å². The molecule has 2 rings (SSSR count). The van der Waals surface area contributed by atoms with Crippen LogP contribution >= 0.6 is 0 Å². The molecule has 2 heteroatoms. The van der Waals surface area contributed by atoms with Crippen molar-refractivity contribution in [1.29, 1.82) is 0 Å². The lowest BCUT2D eigenvalue weighted by molar-refractivity contribution is 1.20. The normalized spacial score (nSPS) is 14.6. The van der Waals surface area contributed by atoms with E-state index in [1.54, 1.807) is 6.20 Å². The molecule has 0 aromatic carbocycles. The predicted molar refractivity (Wildman–Crippen MR) is 40.1 cm³/mol. The van der Waals surface area contributed by atoms with Crippen LogP contribution in [0.15, 0.2) is 24.4 Å². The molecule has 0 unspecified atom stereocenters. The zero-order chi connectivity index (χ0) is 6.97. The fourth-order valence-electron chi connectivity index (χ4n) is 1.18. The number of hydrogen-bond donors (Lipinski definition) is 1. The molecule has 1 aliphatic carbocycles. The molecule has 1 aliphatic rings. The Kier molecular flexibility index (Phi) is 1.01. The average molecular weight is 132 g/mol. The van der Waals surface area contributed by atoms with E-state index in [-0.39, 0.29) is 0 Å². The molecule has 0 saturated carbocycles. The third-order valence-electron chi connectivity index (χ3n) is 1.71. The van der Waals surface area contributed by atoms with Gasteiger partial charge in [-0.15, -0.1) is 0 Å². The van der Waals surface area contributed by atoms with E-state index in [2.05, 4.69) is 11.1 Å². The van der Waals surface area contributed by atoms with Gasteiger partial charge in [0.1, 0.15) is 0 Å². The van der Waals surface area contributed by atoms with Crippen LogP contribution in [0.25, 0.3) is 5.70 Å². The molecule has 0 aliphatic heterocycles. The Balaban J connectivity index is 2.61. The first-order valence-corrected chi connectivity index (χ1v) is 3.28. The van der Waals surface area contributed by atoms with Crippen molar-refractivity contribution in [3.63, 3.8) is 0 Å². The topological polar surface area (TPSA) is 38.9 Å². The van der Waals surface area contributed by atoms with Crippen LogP contribution < -0.4 is 5.73 Å². The molecule has 0 saturated heterocycles. The Morgan fingerprint density at radius 2 is 2.40 bits per heavy atom. The van der Waals surface area contributed by atoms with Crippen LogP contribution in [0.4, 0.5) is 0 Å². The van der Waals surface area contributed by atoms with Crippen molar-refractivity contribution in [3.05, 3.63) is 35.7 Å². The molecule has 0 fully saturated rings. The molecular formula is C8H8N2. The molecule has 1 aromatic rings. The van der Waals surface area contributed by atoms with E-state index in [4.69, 9.17) is 5.73 Å². The van der Waals surface area contributed by atoms with Gasteiger partial charge in [-0.2, -0.15) is 0 Å². The van der Waals surface area contributed by atoms with Gasteiger partial charge in [-0.1, -0.05) is 12.1 Å². The highest BCUT2D eigenvalue weighted by atomic mass is 14.7. The molecule has 2 N–H and O–H groups in total. The first kappa shape index (κ1) is 5.47. The summed E-state index contributed by atoms with van der Waals surface area (Å²) in [6.07, 6.45) is 4.71. The summed E-state index contributed by atoms with van der Waals surface area (Å²) < 4.78 is 0. The van der Waals surface area contributed by atoms with Crippen molar-refractivity contribution in [2.75, 3.05) is 0 Å². The minimum absolute atomic E-state index is 0.815. The number of aromatic nitrogens is 1. The second-order valence-corrected chi connectivity index (χ2v) is 2.37. The lowest BCUT2D eigenvalue weighted by atomic mass is 10.2. The maximum Gasteiger partial charge on any atom is 0.0890 e. The van der Waals surface area contributed by atoms with Crippen LogP contribution in [0.3, 0.4) is 0 Å². The number of allylic oxidation sites excluding steroid dienone is 1. The van der Waals surface area contributed by atoms with Gasteiger partial charge in [0.2, 0.25) is 0 Å². The molecule has 2 nitrogen and oxygen atoms in total. The maximum atomic E-state index is 5.64. The minimum Gasteiger partial charge on any atom is -0.397 e. The summed E-state index contributed by atoms with van der Waals surface area (Å²) in [5, 5.41) is 0. The third kappa shape index (κ3) is 0.620. The Morgan fingerprint density at radius 3 is 3.20 bits per heavy atom. The Morgan fingerprint density at radius 1 is 1.50 bits per heavy atom. The third-order valence-corrected chi connectivity index (χ3v) is 1.71. The summed E-state index contributed by atoms with van der Waals surface area (Å²) in [6.45, 7) is 0. The summed E-state index contributed by atoms with van der Waals surface area (Å²) in [5.41, 5.74) is 8.66. The van der Waals surface area contributed by atoms with Crippen LogP contribution in [-0.2, 0) is 6.42 Å². The molecule has 50 valence electrons. The Labute approximate surface area is 59.4 Å². The number of nitrogens with zero attached hydrogens (tertiary/aromatic N) is 1. The number of pyridine rings is 1. The Hall–Kier alpha value is -1.31. The van der Waals surface area contributed by atoms with Gasteiger partial charge >= 0.3 is 0 Å². The van der Waals surface area contributed by atoms with E-state index in [0.717, 1.165) is 17.8 Å². The maximum absolute atomic E-state index is 5.64. The molecule has 0 bridgehead atoms. The van der Waals surface area contributed by atoms with E-state index in [1.807, 2.05) is 12.1 Å². The van der Waals surface area contributed by atoms with Gasteiger partial charge in [-0.25, -0.2) is 0 Å². The molecule has 10 heavy (non-hydrogen) atoms. The van der Waals surface area contributed by atoms with Gasteiger partial charge in [0.15, 0.2) is 0 Å². The highest BCUT2D eigenvalue weighted by Crippen LogP contribution is 2.19. The first-order valence-electron chi connectivity index (χ1n) is 3.28. The Bertz CT molecular complexity index is 289. The van der Waals surface area contributed by atoms with Crippen LogP contribution in [0.5, 0.6) is 0 Å². The fraction of sp³-hybridized carbons (Fsp3) is 0.125. The number of nitrogens with two attached hydrogens (primary N) is 1. The standard InChI is InChI=1S/C8H8N2/c9-7-4-3-6-2-1-5-10-8(6)7/h1-2,4-5H,3,9H2. The average Bonchev–Trinajstić information content (AvgIpc) is 2.34. The van der Waals surface area contributed by atoms with Gasteiger partial charge in [0.25, 0.3) is 0 Å². The van der Waals surface area contributed by atoms with Crippen LogP contribution in [0, 0.1) is 0 Å². The minimum atomic E-state index is 0.815. The summed E-state index contributed by atoms with van der Waals surface area (Å²) in [6, 6.07) is 3.99. The first-order chi connectivity index (χ1) is 4.88. The highest BCUT2D eigenvalue weighted by molar-refractivity contribution is 5.67. The molecule has 0 amide bonds. The number of rotatable bonds is 0. The van der Waals surface area contributed by atoms with E-state index in [1.165, 1.54) is 5.56 Å².